The normalized spacial score (nSPS) is 11.7. The van der Waals surface area contributed by atoms with Gasteiger partial charge in [-0.1, -0.05) is 41.6 Å². The van der Waals surface area contributed by atoms with Gasteiger partial charge in [-0.2, -0.15) is 18.2 Å². The predicted octanol–water partition coefficient (Wildman–Crippen LogP) is 5.87. The number of anilines is 1. The van der Waals surface area contributed by atoms with Gasteiger partial charge in [0, 0.05) is 22.8 Å². The maximum absolute atomic E-state index is 13.4. The number of amides is 1. The number of hydrogen-bond acceptors (Lipinski definition) is 5. The Morgan fingerprint density at radius 1 is 1.14 bits per heavy atom. The summed E-state index contributed by atoms with van der Waals surface area (Å²) >= 11 is 7.15. The zero-order chi connectivity index (χ0) is 25.3. The summed E-state index contributed by atoms with van der Waals surface area (Å²) < 4.78 is 54.3. The Morgan fingerprint density at radius 3 is 2.60 bits per heavy atom. The molecule has 6 nitrogen and oxygen atoms in total. The fourth-order valence-corrected chi connectivity index (χ4v) is 4.37. The number of nitrogens with zero attached hydrogens (tertiary/aromatic N) is 4. The van der Waals surface area contributed by atoms with Crippen molar-refractivity contribution in [1.82, 2.24) is 19.6 Å². The number of thioether (sulfide) groups is 1. The minimum atomic E-state index is -4.59. The molecule has 0 aliphatic rings. The van der Waals surface area contributed by atoms with Gasteiger partial charge in [-0.25, -0.2) is 13.9 Å². The first-order valence-corrected chi connectivity index (χ1v) is 11.6. The van der Waals surface area contributed by atoms with Crippen LogP contribution in [0.5, 0.6) is 0 Å². The number of carbonyl (C=O) groups excluding carboxylic acids is 1. The van der Waals surface area contributed by atoms with Crippen LogP contribution in [0.4, 0.5) is 23.2 Å². The van der Waals surface area contributed by atoms with Gasteiger partial charge in [-0.15, -0.1) is 5.10 Å². The number of para-hydroxylation sites is 1. The molecular formula is C23H18ClF4N5OS. The van der Waals surface area contributed by atoms with Crippen molar-refractivity contribution >= 4 is 40.7 Å². The second-order valence-electron chi connectivity index (χ2n) is 7.66. The molecule has 2 heterocycles. The molecule has 0 radical (unpaired) electrons. The molecule has 12 heteroatoms. The summed E-state index contributed by atoms with van der Waals surface area (Å²) in [6.07, 6.45) is -4.18. The fraction of sp³-hybridized carbons (Fsp3) is 0.217. The minimum Gasteiger partial charge on any atom is -0.325 e. The highest BCUT2D eigenvalue weighted by Crippen LogP contribution is 2.34. The van der Waals surface area contributed by atoms with Crippen molar-refractivity contribution < 1.29 is 22.4 Å². The van der Waals surface area contributed by atoms with Gasteiger partial charge in [0.15, 0.2) is 0 Å². The molecular weight excluding hydrogens is 506 g/mol. The third kappa shape index (κ3) is 5.57. The lowest BCUT2D eigenvalue weighted by Gasteiger charge is -2.13. The van der Waals surface area contributed by atoms with E-state index >= 15 is 0 Å². The molecule has 1 N–H and O–H groups in total. The lowest BCUT2D eigenvalue weighted by Crippen LogP contribution is -2.18. The van der Waals surface area contributed by atoms with Gasteiger partial charge < -0.3 is 5.32 Å². The Bertz CT molecular complexity index is 1420. The van der Waals surface area contributed by atoms with Crippen molar-refractivity contribution in [2.45, 2.75) is 31.6 Å². The topological polar surface area (TPSA) is 72.2 Å². The zero-order valence-corrected chi connectivity index (χ0v) is 20.0. The van der Waals surface area contributed by atoms with Crippen molar-refractivity contribution in [2.75, 3.05) is 11.1 Å². The average Bonchev–Trinajstić information content (AvgIpc) is 3.19. The summed E-state index contributed by atoms with van der Waals surface area (Å²) in [6, 6.07) is 8.95. The smallest absolute Gasteiger partial charge is 0.325 e. The van der Waals surface area contributed by atoms with Crippen LogP contribution < -0.4 is 5.32 Å². The van der Waals surface area contributed by atoms with Gasteiger partial charge in [0.2, 0.25) is 11.1 Å². The minimum absolute atomic E-state index is 0.195. The summed E-state index contributed by atoms with van der Waals surface area (Å²) in [6.45, 7) is 3.64. The van der Waals surface area contributed by atoms with E-state index in [0.717, 1.165) is 34.6 Å². The molecule has 0 saturated heterocycles. The quantitative estimate of drug-likeness (QED) is 0.253. The predicted molar refractivity (Wildman–Crippen MR) is 125 cm³/mol. The third-order valence-electron chi connectivity index (χ3n) is 5.25. The number of benzene rings is 2. The molecule has 182 valence electrons. The van der Waals surface area contributed by atoms with Gasteiger partial charge in [0.05, 0.1) is 17.0 Å². The maximum atomic E-state index is 13.4. The zero-order valence-electron chi connectivity index (χ0n) is 18.5. The SMILES string of the molecule is Cc1nc2nc(SCC(=O)Nc3ccccc3C(F)(F)F)nn2c(C)c1Cc1ccc(F)cc1Cl. The standard InChI is InChI=1S/C23H18ClF4N5OS/c1-12-16(9-14-7-8-15(25)10-18(14)24)13(2)33-21(29-12)31-22(32-33)35-11-20(34)30-19-6-4-3-5-17(19)23(26,27)28/h3-8,10H,9,11H2,1-2H3,(H,30,34). The highest BCUT2D eigenvalue weighted by molar-refractivity contribution is 7.99. The van der Waals surface area contributed by atoms with Crippen molar-refractivity contribution in [3.05, 3.63) is 81.4 Å². The van der Waals surface area contributed by atoms with Crippen LogP contribution in [0.1, 0.15) is 28.1 Å². The Hall–Kier alpha value is -3.18. The highest BCUT2D eigenvalue weighted by Gasteiger charge is 2.33. The van der Waals surface area contributed by atoms with Crippen LogP contribution in [0.25, 0.3) is 5.78 Å². The molecule has 4 rings (SSSR count). The van der Waals surface area contributed by atoms with E-state index in [2.05, 4.69) is 20.4 Å². The van der Waals surface area contributed by atoms with Gasteiger partial charge >= 0.3 is 6.18 Å². The van der Waals surface area contributed by atoms with Crippen LogP contribution in [0.15, 0.2) is 47.6 Å². The van der Waals surface area contributed by atoms with E-state index in [1.54, 1.807) is 6.07 Å². The van der Waals surface area contributed by atoms with E-state index in [0.29, 0.717) is 22.9 Å². The molecule has 0 atom stereocenters. The van der Waals surface area contributed by atoms with Crippen molar-refractivity contribution in [2.24, 2.45) is 0 Å². The van der Waals surface area contributed by atoms with E-state index in [-0.39, 0.29) is 16.6 Å². The van der Waals surface area contributed by atoms with E-state index < -0.39 is 23.5 Å². The van der Waals surface area contributed by atoms with Gasteiger partial charge in [0.1, 0.15) is 5.82 Å². The van der Waals surface area contributed by atoms with Gasteiger partial charge in [-0.05, 0) is 49.2 Å². The Labute approximate surface area is 206 Å². The molecule has 1 amide bonds. The maximum Gasteiger partial charge on any atom is 0.418 e. The molecule has 0 unspecified atom stereocenters. The number of aromatic nitrogens is 4. The summed E-state index contributed by atoms with van der Waals surface area (Å²) in [7, 11) is 0. The number of aryl methyl sites for hydroxylation is 2. The number of nitrogens with one attached hydrogen (secondary N) is 1. The number of hydrogen-bond donors (Lipinski definition) is 1. The molecule has 0 saturated carbocycles. The van der Waals surface area contributed by atoms with E-state index in [1.165, 1.54) is 34.8 Å². The molecule has 2 aromatic heterocycles. The van der Waals surface area contributed by atoms with Crippen LogP contribution in [-0.2, 0) is 17.4 Å². The summed E-state index contributed by atoms with van der Waals surface area (Å²) in [4.78, 5) is 21.1. The average molecular weight is 524 g/mol. The van der Waals surface area contributed by atoms with Crippen molar-refractivity contribution in [3.8, 4) is 0 Å². The first kappa shape index (κ1) is 24.9. The first-order valence-electron chi connectivity index (χ1n) is 10.3. The number of fused-ring (bicyclic) bond motifs is 1. The largest absolute Gasteiger partial charge is 0.418 e. The van der Waals surface area contributed by atoms with Crippen LogP contribution >= 0.6 is 23.4 Å². The summed E-state index contributed by atoms with van der Waals surface area (Å²) in [5.74, 6) is -0.930. The Balaban J connectivity index is 1.51. The number of halogens is 5. The Kier molecular flexibility index (Phi) is 7.00. The number of carbonyl (C=O) groups is 1. The highest BCUT2D eigenvalue weighted by atomic mass is 35.5. The van der Waals surface area contributed by atoms with Gasteiger partial charge in [-0.3, -0.25) is 4.79 Å². The lowest BCUT2D eigenvalue weighted by atomic mass is 10.0. The van der Waals surface area contributed by atoms with Crippen LogP contribution in [0, 0.1) is 19.7 Å². The van der Waals surface area contributed by atoms with Crippen molar-refractivity contribution in [3.63, 3.8) is 0 Å². The summed E-state index contributed by atoms with van der Waals surface area (Å²) in [5.41, 5.74) is 1.77. The second kappa shape index (κ2) is 9.82. The molecule has 0 aliphatic carbocycles. The molecule has 2 aromatic carbocycles. The Morgan fingerprint density at radius 2 is 1.89 bits per heavy atom. The number of rotatable bonds is 6. The van der Waals surface area contributed by atoms with Crippen LogP contribution in [-0.4, -0.2) is 31.2 Å². The van der Waals surface area contributed by atoms with Crippen LogP contribution in [0.3, 0.4) is 0 Å². The molecule has 0 spiro atoms. The lowest BCUT2D eigenvalue weighted by molar-refractivity contribution is -0.137. The molecule has 4 aromatic rings. The number of alkyl halides is 3. The van der Waals surface area contributed by atoms with E-state index in [4.69, 9.17) is 11.6 Å². The molecule has 0 aliphatic heterocycles. The van der Waals surface area contributed by atoms with Gasteiger partial charge in [0.25, 0.3) is 5.78 Å². The van der Waals surface area contributed by atoms with E-state index in [9.17, 15) is 22.4 Å². The first-order chi connectivity index (χ1) is 16.5. The molecule has 0 fully saturated rings. The fourth-order valence-electron chi connectivity index (χ4n) is 3.52. The van der Waals surface area contributed by atoms with Crippen LogP contribution in [0.2, 0.25) is 5.02 Å². The monoisotopic (exact) mass is 523 g/mol. The second-order valence-corrected chi connectivity index (χ2v) is 9.01. The van der Waals surface area contributed by atoms with E-state index in [1.807, 2.05) is 13.8 Å². The van der Waals surface area contributed by atoms with Crippen molar-refractivity contribution in [1.29, 1.82) is 0 Å². The third-order valence-corrected chi connectivity index (χ3v) is 6.44. The molecule has 0 bridgehead atoms. The molecule has 35 heavy (non-hydrogen) atoms. The summed E-state index contributed by atoms with van der Waals surface area (Å²) in [5, 5.41) is 7.22.